The summed E-state index contributed by atoms with van der Waals surface area (Å²) in [6.07, 6.45) is 4.95. The SMILES string of the molecule is CCc1cc(Cc2cc(CC)c(N)cc2CC)c(CC)cc1N. The topological polar surface area (TPSA) is 52.0 Å². The van der Waals surface area contributed by atoms with E-state index >= 15 is 0 Å². The van der Waals surface area contributed by atoms with E-state index in [1.54, 1.807) is 0 Å². The molecule has 0 atom stereocenters. The summed E-state index contributed by atoms with van der Waals surface area (Å²) in [7, 11) is 0. The zero-order valence-corrected chi connectivity index (χ0v) is 15.0. The molecule has 0 aliphatic rings. The van der Waals surface area contributed by atoms with Crippen LogP contribution < -0.4 is 11.5 Å². The number of aryl methyl sites for hydroxylation is 4. The Morgan fingerprint density at radius 2 is 0.870 bits per heavy atom. The molecule has 0 saturated carbocycles. The van der Waals surface area contributed by atoms with Gasteiger partial charge in [0.05, 0.1) is 0 Å². The lowest BCUT2D eigenvalue weighted by Crippen LogP contribution is -2.05. The Bertz CT molecular complexity index is 627. The normalized spacial score (nSPS) is 11.0. The van der Waals surface area contributed by atoms with E-state index in [9.17, 15) is 0 Å². The molecule has 23 heavy (non-hydrogen) atoms. The first-order chi connectivity index (χ1) is 11.0. The molecule has 0 bridgehead atoms. The second-order valence-electron chi connectivity index (χ2n) is 6.23. The molecular weight excluding hydrogens is 280 g/mol. The molecule has 0 fully saturated rings. The molecule has 0 amide bonds. The van der Waals surface area contributed by atoms with Gasteiger partial charge in [-0.3, -0.25) is 0 Å². The van der Waals surface area contributed by atoms with Crippen molar-refractivity contribution in [1.29, 1.82) is 0 Å². The van der Waals surface area contributed by atoms with Crippen LogP contribution in [0.25, 0.3) is 0 Å². The Hall–Kier alpha value is -1.96. The van der Waals surface area contributed by atoms with Crippen molar-refractivity contribution in [2.24, 2.45) is 0 Å². The molecule has 0 heterocycles. The third-order valence-corrected chi connectivity index (χ3v) is 4.83. The van der Waals surface area contributed by atoms with Crippen LogP contribution in [0.3, 0.4) is 0 Å². The highest BCUT2D eigenvalue weighted by Crippen LogP contribution is 2.27. The van der Waals surface area contributed by atoms with Crippen LogP contribution in [0.1, 0.15) is 61.1 Å². The van der Waals surface area contributed by atoms with Crippen molar-refractivity contribution in [3.8, 4) is 0 Å². The van der Waals surface area contributed by atoms with E-state index in [0.29, 0.717) is 0 Å². The summed E-state index contributed by atoms with van der Waals surface area (Å²) < 4.78 is 0. The maximum atomic E-state index is 6.17. The fourth-order valence-electron chi connectivity index (χ4n) is 3.32. The maximum Gasteiger partial charge on any atom is 0.0349 e. The molecule has 0 saturated heterocycles. The number of benzene rings is 2. The van der Waals surface area contributed by atoms with Crippen LogP contribution in [0.4, 0.5) is 11.4 Å². The lowest BCUT2D eigenvalue weighted by Gasteiger charge is -2.17. The highest BCUT2D eigenvalue weighted by molar-refractivity contribution is 5.56. The molecule has 0 radical (unpaired) electrons. The van der Waals surface area contributed by atoms with Gasteiger partial charge >= 0.3 is 0 Å². The molecule has 0 aliphatic heterocycles. The molecule has 0 aromatic heterocycles. The minimum atomic E-state index is 0.926. The quantitative estimate of drug-likeness (QED) is 0.760. The van der Waals surface area contributed by atoms with Gasteiger partial charge in [-0.05, 0) is 77.6 Å². The lowest BCUT2D eigenvalue weighted by molar-refractivity contribution is 1.00. The number of rotatable bonds is 6. The molecule has 4 N–H and O–H groups in total. The average molecular weight is 310 g/mol. The molecule has 0 unspecified atom stereocenters. The van der Waals surface area contributed by atoms with Crippen molar-refractivity contribution in [2.45, 2.75) is 59.8 Å². The summed E-state index contributed by atoms with van der Waals surface area (Å²) >= 11 is 0. The fraction of sp³-hybridized carbons (Fsp3) is 0.429. The number of hydrogen-bond acceptors (Lipinski definition) is 2. The van der Waals surface area contributed by atoms with E-state index in [2.05, 4.69) is 52.0 Å². The van der Waals surface area contributed by atoms with Gasteiger partial charge in [0, 0.05) is 11.4 Å². The van der Waals surface area contributed by atoms with E-state index in [-0.39, 0.29) is 0 Å². The van der Waals surface area contributed by atoms with Crippen LogP contribution in [0, 0.1) is 0 Å². The minimum Gasteiger partial charge on any atom is -0.398 e. The van der Waals surface area contributed by atoms with Crippen molar-refractivity contribution in [3.05, 3.63) is 57.6 Å². The summed E-state index contributed by atoms with van der Waals surface area (Å²) in [5.74, 6) is 0. The van der Waals surface area contributed by atoms with Crippen LogP contribution in [0.5, 0.6) is 0 Å². The zero-order chi connectivity index (χ0) is 17.0. The monoisotopic (exact) mass is 310 g/mol. The number of hydrogen-bond donors (Lipinski definition) is 2. The van der Waals surface area contributed by atoms with Crippen molar-refractivity contribution in [1.82, 2.24) is 0 Å². The molecule has 2 rings (SSSR count). The zero-order valence-electron chi connectivity index (χ0n) is 15.0. The van der Waals surface area contributed by atoms with Gasteiger partial charge in [0.15, 0.2) is 0 Å². The second-order valence-corrected chi connectivity index (χ2v) is 6.23. The molecule has 2 heteroatoms. The number of nitrogen functional groups attached to an aromatic ring is 2. The van der Waals surface area contributed by atoms with E-state index in [1.807, 2.05) is 0 Å². The average Bonchev–Trinajstić information content (AvgIpc) is 2.56. The van der Waals surface area contributed by atoms with Crippen molar-refractivity contribution < 1.29 is 0 Å². The van der Waals surface area contributed by atoms with E-state index < -0.39 is 0 Å². The van der Waals surface area contributed by atoms with Gasteiger partial charge in [0.25, 0.3) is 0 Å². The smallest absolute Gasteiger partial charge is 0.0349 e. The molecular formula is C21H30N2. The lowest BCUT2D eigenvalue weighted by atomic mass is 9.90. The molecule has 0 aliphatic carbocycles. The first-order valence-corrected chi connectivity index (χ1v) is 8.84. The number of anilines is 2. The Morgan fingerprint density at radius 3 is 1.17 bits per heavy atom. The maximum absolute atomic E-state index is 6.17. The van der Waals surface area contributed by atoms with Crippen LogP contribution in [0.2, 0.25) is 0 Å². The Balaban J connectivity index is 2.49. The summed E-state index contributed by atoms with van der Waals surface area (Å²) in [4.78, 5) is 0. The van der Waals surface area contributed by atoms with Crippen molar-refractivity contribution >= 4 is 11.4 Å². The largest absolute Gasteiger partial charge is 0.398 e. The molecule has 2 nitrogen and oxygen atoms in total. The third-order valence-electron chi connectivity index (χ3n) is 4.83. The van der Waals surface area contributed by atoms with Crippen LogP contribution in [-0.4, -0.2) is 0 Å². The summed E-state index contributed by atoms with van der Waals surface area (Å²) in [6, 6.07) is 8.93. The summed E-state index contributed by atoms with van der Waals surface area (Å²) in [6.45, 7) is 8.73. The van der Waals surface area contributed by atoms with Crippen molar-refractivity contribution in [2.75, 3.05) is 11.5 Å². The first kappa shape index (κ1) is 17.4. The van der Waals surface area contributed by atoms with E-state index in [0.717, 1.165) is 43.5 Å². The molecule has 124 valence electrons. The highest BCUT2D eigenvalue weighted by Gasteiger charge is 2.11. The Morgan fingerprint density at radius 1 is 0.522 bits per heavy atom. The summed E-state index contributed by atoms with van der Waals surface area (Å²) in [5.41, 5.74) is 22.2. The Labute approximate surface area is 140 Å². The van der Waals surface area contributed by atoms with Gasteiger partial charge in [0.2, 0.25) is 0 Å². The van der Waals surface area contributed by atoms with Crippen LogP contribution in [-0.2, 0) is 32.1 Å². The predicted octanol–water partition coefficient (Wildman–Crippen LogP) is 4.69. The molecule has 0 spiro atoms. The number of nitrogens with two attached hydrogens (primary N) is 2. The standard InChI is InChI=1S/C21H30N2/c1-5-14-12-20(22)16(7-3)9-18(14)11-19-10-17(8-4)21(23)13-15(19)6-2/h9-10,12-13H,5-8,11,22-23H2,1-4H3. The van der Waals surface area contributed by atoms with Gasteiger partial charge < -0.3 is 11.5 Å². The third kappa shape index (κ3) is 3.69. The van der Waals surface area contributed by atoms with Crippen LogP contribution >= 0.6 is 0 Å². The van der Waals surface area contributed by atoms with E-state index in [4.69, 9.17) is 11.5 Å². The van der Waals surface area contributed by atoms with Crippen LogP contribution in [0.15, 0.2) is 24.3 Å². The van der Waals surface area contributed by atoms with Crippen molar-refractivity contribution in [3.63, 3.8) is 0 Å². The highest BCUT2D eigenvalue weighted by atomic mass is 14.6. The molecule has 2 aromatic carbocycles. The second kappa shape index (κ2) is 7.54. The van der Waals surface area contributed by atoms with Gasteiger partial charge in [0.1, 0.15) is 0 Å². The first-order valence-electron chi connectivity index (χ1n) is 8.84. The van der Waals surface area contributed by atoms with Gasteiger partial charge in [-0.2, -0.15) is 0 Å². The van der Waals surface area contributed by atoms with Gasteiger partial charge in [-0.15, -0.1) is 0 Å². The minimum absolute atomic E-state index is 0.926. The van der Waals surface area contributed by atoms with E-state index in [1.165, 1.54) is 33.4 Å². The summed E-state index contributed by atoms with van der Waals surface area (Å²) in [5, 5.41) is 0. The fourth-order valence-corrected chi connectivity index (χ4v) is 3.32. The predicted molar refractivity (Wildman–Crippen MR) is 102 cm³/mol. The molecule has 2 aromatic rings. The Kier molecular flexibility index (Phi) is 5.70. The van der Waals surface area contributed by atoms with Gasteiger partial charge in [-0.1, -0.05) is 39.8 Å². The van der Waals surface area contributed by atoms with Gasteiger partial charge in [-0.25, -0.2) is 0 Å².